The Hall–Kier alpha value is -1.61. The first-order chi connectivity index (χ1) is 9.63. The zero-order valence-electron chi connectivity index (χ0n) is 11.3. The highest BCUT2D eigenvalue weighted by atomic mass is 79.9. The number of rotatable bonds is 2. The number of hydrogen-bond donors (Lipinski definition) is 1. The maximum Gasteiger partial charge on any atom is 0.251 e. The lowest BCUT2D eigenvalue weighted by Gasteiger charge is -2.13. The lowest BCUT2D eigenvalue weighted by Crippen LogP contribution is -2.35. The van der Waals surface area contributed by atoms with Crippen LogP contribution in [0.25, 0.3) is 0 Å². The number of amides is 1. The summed E-state index contributed by atoms with van der Waals surface area (Å²) in [6, 6.07) is 14.4. The molecule has 1 amide bonds. The van der Waals surface area contributed by atoms with Crippen molar-refractivity contribution in [3.05, 3.63) is 69.2 Å². The van der Waals surface area contributed by atoms with Crippen molar-refractivity contribution in [1.82, 2.24) is 5.32 Å². The van der Waals surface area contributed by atoms with Crippen molar-refractivity contribution in [3.63, 3.8) is 0 Å². The number of halogens is 1. The van der Waals surface area contributed by atoms with Crippen LogP contribution >= 0.6 is 15.9 Å². The minimum absolute atomic E-state index is 0.0211. The first-order valence-electron chi connectivity index (χ1n) is 6.77. The van der Waals surface area contributed by atoms with Crippen LogP contribution in [0.5, 0.6) is 0 Å². The minimum Gasteiger partial charge on any atom is -0.349 e. The highest BCUT2D eigenvalue weighted by molar-refractivity contribution is 9.10. The molecule has 0 bridgehead atoms. The maximum atomic E-state index is 12.4. The van der Waals surface area contributed by atoms with E-state index in [9.17, 15) is 4.79 Å². The number of nitrogens with one attached hydrogen (secondary N) is 1. The molecule has 0 radical (unpaired) electrons. The minimum atomic E-state index is 0.0211. The Morgan fingerprint density at radius 3 is 2.40 bits per heavy atom. The number of carbonyl (C=O) groups is 1. The molecule has 0 atom stereocenters. The molecule has 0 saturated carbocycles. The third kappa shape index (κ3) is 2.63. The molecule has 20 heavy (non-hydrogen) atoms. The molecule has 1 N–H and O–H groups in total. The van der Waals surface area contributed by atoms with Crippen molar-refractivity contribution in [3.8, 4) is 0 Å². The van der Waals surface area contributed by atoms with Crippen molar-refractivity contribution in [1.29, 1.82) is 0 Å². The third-order valence-electron chi connectivity index (χ3n) is 3.82. The number of benzene rings is 2. The summed E-state index contributed by atoms with van der Waals surface area (Å²) >= 11 is 3.42. The molecule has 3 rings (SSSR count). The van der Waals surface area contributed by atoms with E-state index in [4.69, 9.17) is 0 Å². The van der Waals surface area contributed by atoms with Gasteiger partial charge in [-0.25, -0.2) is 0 Å². The van der Waals surface area contributed by atoms with Crippen molar-refractivity contribution < 1.29 is 4.79 Å². The van der Waals surface area contributed by atoms with E-state index in [1.54, 1.807) is 0 Å². The average molecular weight is 330 g/mol. The fraction of sp³-hybridized carbons (Fsp3) is 0.235. The van der Waals surface area contributed by atoms with Gasteiger partial charge in [-0.1, -0.05) is 40.2 Å². The summed E-state index contributed by atoms with van der Waals surface area (Å²) in [5, 5.41) is 3.15. The van der Waals surface area contributed by atoms with Crippen LogP contribution in [-0.2, 0) is 12.8 Å². The van der Waals surface area contributed by atoms with Gasteiger partial charge in [0.1, 0.15) is 0 Å². The third-order valence-corrected chi connectivity index (χ3v) is 4.31. The van der Waals surface area contributed by atoms with Crippen LogP contribution in [0.1, 0.15) is 27.0 Å². The van der Waals surface area contributed by atoms with Crippen LogP contribution < -0.4 is 5.32 Å². The molecule has 2 nitrogen and oxygen atoms in total. The van der Waals surface area contributed by atoms with E-state index in [2.05, 4.69) is 45.5 Å². The summed E-state index contributed by atoms with van der Waals surface area (Å²) in [6.07, 6.45) is 1.86. The van der Waals surface area contributed by atoms with Gasteiger partial charge in [0.25, 0.3) is 5.91 Å². The first kappa shape index (κ1) is 13.4. The predicted octanol–water partition coefficient (Wildman–Crippen LogP) is 3.65. The van der Waals surface area contributed by atoms with Crippen LogP contribution in [0, 0.1) is 6.92 Å². The second kappa shape index (κ2) is 5.41. The molecule has 102 valence electrons. The Morgan fingerprint density at radius 1 is 1.15 bits per heavy atom. The standard InChI is InChI=1S/C17H16BrNO/c1-11-8-14(18)6-7-16(11)17(20)19-15-9-12-4-2-3-5-13(12)10-15/h2-8,15H,9-10H2,1H3,(H,19,20). The van der Waals surface area contributed by atoms with E-state index in [0.717, 1.165) is 28.4 Å². The lowest BCUT2D eigenvalue weighted by atomic mass is 10.1. The Balaban J connectivity index is 1.72. The Labute approximate surface area is 127 Å². The topological polar surface area (TPSA) is 29.1 Å². The quantitative estimate of drug-likeness (QED) is 0.895. The van der Waals surface area contributed by atoms with Gasteiger partial charge in [0, 0.05) is 16.1 Å². The largest absolute Gasteiger partial charge is 0.349 e. The number of fused-ring (bicyclic) bond motifs is 1. The average Bonchev–Trinajstić information content (AvgIpc) is 2.80. The van der Waals surface area contributed by atoms with Crippen molar-refractivity contribution in [2.45, 2.75) is 25.8 Å². The Bertz CT molecular complexity index is 641. The van der Waals surface area contributed by atoms with Crippen molar-refractivity contribution in [2.75, 3.05) is 0 Å². The SMILES string of the molecule is Cc1cc(Br)ccc1C(=O)NC1Cc2ccccc2C1. The smallest absolute Gasteiger partial charge is 0.251 e. The fourth-order valence-electron chi connectivity index (χ4n) is 2.81. The van der Waals surface area contributed by atoms with E-state index >= 15 is 0 Å². The van der Waals surface area contributed by atoms with Gasteiger partial charge in [-0.15, -0.1) is 0 Å². The molecule has 0 aliphatic heterocycles. The van der Waals surface area contributed by atoms with Gasteiger partial charge < -0.3 is 5.32 Å². The summed E-state index contributed by atoms with van der Waals surface area (Å²) < 4.78 is 1.000. The van der Waals surface area contributed by atoms with Gasteiger partial charge in [-0.05, 0) is 54.7 Å². The van der Waals surface area contributed by atoms with Gasteiger partial charge in [-0.2, -0.15) is 0 Å². The van der Waals surface area contributed by atoms with Gasteiger partial charge in [0.15, 0.2) is 0 Å². The first-order valence-corrected chi connectivity index (χ1v) is 7.56. The van der Waals surface area contributed by atoms with Crippen LogP contribution in [0.2, 0.25) is 0 Å². The molecule has 0 heterocycles. The zero-order chi connectivity index (χ0) is 14.1. The summed E-state index contributed by atoms with van der Waals surface area (Å²) in [4.78, 5) is 12.4. The zero-order valence-corrected chi connectivity index (χ0v) is 12.9. The molecule has 2 aromatic rings. The van der Waals surface area contributed by atoms with Crippen LogP contribution in [0.15, 0.2) is 46.9 Å². The second-order valence-corrected chi connectivity index (χ2v) is 6.22. The van der Waals surface area contributed by atoms with Gasteiger partial charge in [0.2, 0.25) is 0 Å². The van der Waals surface area contributed by atoms with Crippen LogP contribution in [0.3, 0.4) is 0 Å². The molecular formula is C17H16BrNO. The van der Waals surface area contributed by atoms with Gasteiger partial charge in [0.05, 0.1) is 0 Å². The van der Waals surface area contributed by atoms with Crippen molar-refractivity contribution in [2.24, 2.45) is 0 Å². The van der Waals surface area contributed by atoms with Crippen LogP contribution in [0.4, 0.5) is 0 Å². The number of aryl methyl sites for hydroxylation is 1. The van der Waals surface area contributed by atoms with E-state index < -0.39 is 0 Å². The second-order valence-electron chi connectivity index (χ2n) is 5.31. The number of hydrogen-bond acceptors (Lipinski definition) is 1. The highest BCUT2D eigenvalue weighted by Crippen LogP contribution is 2.22. The molecule has 1 aliphatic carbocycles. The normalized spacial score (nSPS) is 14.1. The molecule has 0 aromatic heterocycles. The summed E-state index contributed by atoms with van der Waals surface area (Å²) in [6.45, 7) is 1.96. The molecule has 0 spiro atoms. The molecule has 0 fully saturated rings. The molecular weight excluding hydrogens is 314 g/mol. The van der Waals surface area contributed by atoms with E-state index in [1.807, 2.05) is 25.1 Å². The van der Waals surface area contributed by atoms with E-state index in [0.29, 0.717) is 0 Å². The molecule has 1 aliphatic rings. The van der Waals surface area contributed by atoms with Crippen molar-refractivity contribution >= 4 is 21.8 Å². The maximum absolute atomic E-state index is 12.4. The fourth-order valence-corrected chi connectivity index (χ4v) is 3.28. The predicted molar refractivity (Wildman–Crippen MR) is 84.0 cm³/mol. The molecule has 0 saturated heterocycles. The summed E-state index contributed by atoms with van der Waals surface area (Å²) in [5.41, 5.74) is 4.45. The summed E-state index contributed by atoms with van der Waals surface area (Å²) in [5.74, 6) is 0.0211. The molecule has 3 heteroatoms. The lowest BCUT2D eigenvalue weighted by molar-refractivity contribution is 0.0938. The Morgan fingerprint density at radius 2 is 1.80 bits per heavy atom. The van der Waals surface area contributed by atoms with E-state index in [1.165, 1.54) is 11.1 Å². The highest BCUT2D eigenvalue weighted by Gasteiger charge is 2.23. The van der Waals surface area contributed by atoms with Gasteiger partial charge >= 0.3 is 0 Å². The monoisotopic (exact) mass is 329 g/mol. The summed E-state index contributed by atoms with van der Waals surface area (Å²) in [7, 11) is 0. The number of carbonyl (C=O) groups excluding carboxylic acids is 1. The molecule has 0 unspecified atom stereocenters. The molecule has 2 aromatic carbocycles. The van der Waals surface area contributed by atoms with Crippen LogP contribution in [-0.4, -0.2) is 11.9 Å². The Kier molecular flexibility index (Phi) is 3.62. The van der Waals surface area contributed by atoms with E-state index in [-0.39, 0.29) is 11.9 Å². The van der Waals surface area contributed by atoms with Gasteiger partial charge in [-0.3, -0.25) is 4.79 Å².